The van der Waals surface area contributed by atoms with Crippen LogP contribution < -0.4 is 11.1 Å². The zero-order chi connectivity index (χ0) is 13.5. The Hall–Kier alpha value is -1.55. The van der Waals surface area contributed by atoms with Crippen LogP contribution in [0.3, 0.4) is 0 Å². The molecule has 0 aliphatic heterocycles. The number of benzene rings is 1. The lowest BCUT2D eigenvalue weighted by atomic mass is 9.83. The van der Waals surface area contributed by atoms with Crippen LogP contribution in [0.1, 0.15) is 32.1 Å². The van der Waals surface area contributed by atoms with E-state index >= 15 is 0 Å². The number of nitrogens with two attached hydrogens (primary N) is 1. The van der Waals surface area contributed by atoms with Crippen LogP contribution in [-0.4, -0.2) is 19.1 Å². The van der Waals surface area contributed by atoms with Gasteiger partial charge in [-0.05, 0) is 24.5 Å². The van der Waals surface area contributed by atoms with Gasteiger partial charge in [0, 0.05) is 6.61 Å². The molecule has 19 heavy (non-hydrogen) atoms. The van der Waals surface area contributed by atoms with Crippen molar-refractivity contribution in [2.75, 3.05) is 24.3 Å². The fourth-order valence-electron chi connectivity index (χ4n) is 2.12. The summed E-state index contributed by atoms with van der Waals surface area (Å²) in [5, 5.41) is 2.79. The van der Waals surface area contributed by atoms with Gasteiger partial charge in [0.15, 0.2) is 0 Å². The van der Waals surface area contributed by atoms with Gasteiger partial charge in [0.25, 0.3) is 0 Å². The van der Waals surface area contributed by atoms with Gasteiger partial charge in [-0.25, -0.2) is 0 Å². The molecule has 3 N–H and O–H groups in total. The molecule has 0 bridgehead atoms. The molecule has 4 nitrogen and oxygen atoms in total. The lowest BCUT2D eigenvalue weighted by Crippen LogP contribution is -2.17. The van der Waals surface area contributed by atoms with E-state index in [-0.39, 0.29) is 5.91 Å². The first-order chi connectivity index (χ1) is 9.25. The third-order valence-corrected chi connectivity index (χ3v) is 3.60. The molecule has 1 aliphatic carbocycles. The molecule has 0 unspecified atom stereocenters. The van der Waals surface area contributed by atoms with Gasteiger partial charge in [-0.15, -0.1) is 0 Å². The molecule has 1 aromatic carbocycles. The number of para-hydroxylation sites is 2. The summed E-state index contributed by atoms with van der Waals surface area (Å²) in [6, 6.07) is 7.26. The van der Waals surface area contributed by atoms with Gasteiger partial charge < -0.3 is 15.8 Å². The number of rotatable bonds is 7. The molecule has 0 spiro atoms. The topological polar surface area (TPSA) is 64.3 Å². The summed E-state index contributed by atoms with van der Waals surface area (Å²) in [7, 11) is 0. The molecule has 1 aliphatic rings. The minimum absolute atomic E-state index is 0.0541. The number of nitrogens with one attached hydrogen (secondary N) is 1. The van der Waals surface area contributed by atoms with E-state index in [9.17, 15) is 4.79 Å². The molecular weight excluding hydrogens is 240 g/mol. The number of amides is 1. The molecule has 1 amide bonds. The normalized spacial score (nSPS) is 14.9. The number of carbonyl (C=O) groups excluding carboxylic acids is 1. The predicted molar refractivity (Wildman–Crippen MR) is 76.9 cm³/mol. The Kier molecular flexibility index (Phi) is 5.21. The maximum absolute atomic E-state index is 11.7. The third kappa shape index (κ3) is 4.56. The van der Waals surface area contributed by atoms with E-state index in [1.54, 1.807) is 12.1 Å². The summed E-state index contributed by atoms with van der Waals surface area (Å²) < 4.78 is 5.49. The molecule has 2 rings (SSSR count). The van der Waals surface area contributed by atoms with Gasteiger partial charge in [-0.1, -0.05) is 31.4 Å². The lowest BCUT2D eigenvalue weighted by molar-refractivity contribution is -0.117. The Bertz CT molecular complexity index is 416. The van der Waals surface area contributed by atoms with Crippen LogP contribution >= 0.6 is 0 Å². The van der Waals surface area contributed by atoms with Crippen molar-refractivity contribution in [3.05, 3.63) is 24.3 Å². The van der Waals surface area contributed by atoms with E-state index in [0.29, 0.717) is 24.4 Å². The predicted octanol–water partition coefficient (Wildman–Crippen LogP) is 2.80. The van der Waals surface area contributed by atoms with Crippen LogP contribution in [0, 0.1) is 5.92 Å². The largest absolute Gasteiger partial charge is 0.397 e. The second kappa shape index (κ2) is 7.14. The van der Waals surface area contributed by atoms with E-state index in [4.69, 9.17) is 10.5 Å². The molecule has 1 aromatic rings. The number of ether oxygens (including phenoxy) is 1. The van der Waals surface area contributed by atoms with E-state index in [0.717, 1.165) is 18.9 Å². The molecule has 0 saturated heterocycles. The molecule has 1 fully saturated rings. The standard InChI is InChI=1S/C15H22N2O2/c16-13-6-1-2-7-14(13)17-15(18)9-11-19-10-8-12-4-3-5-12/h1-2,6-7,12H,3-5,8-11,16H2,(H,17,18). The van der Waals surface area contributed by atoms with Crippen LogP contribution in [0.25, 0.3) is 0 Å². The van der Waals surface area contributed by atoms with Crippen molar-refractivity contribution in [2.45, 2.75) is 32.1 Å². The molecule has 1 saturated carbocycles. The molecule has 0 heterocycles. The number of hydrogen-bond donors (Lipinski definition) is 2. The first-order valence-corrected chi connectivity index (χ1v) is 6.98. The Balaban J connectivity index is 1.58. The van der Waals surface area contributed by atoms with Crippen LogP contribution in [0.2, 0.25) is 0 Å². The molecule has 4 heteroatoms. The molecular formula is C15H22N2O2. The van der Waals surface area contributed by atoms with Crippen molar-refractivity contribution in [2.24, 2.45) is 5.92 Å². The molecule has 0 aromatic heterocycles. The van der Waals surface area contributed by atoms with Crippen molar-refractivity contribution >= 4 is 17.3 Å². The highest BCUT2D eigenvalue weighted by Gasteiger charge is 2.16. The fraction of sp³-hybridized carbons (Fsp3) is 0.533. The first-order valence-electron chi connectivity index (χ1n) is 6.98. The van der Waals surface area contributed by atoms with E-state index < -0.39 is 0 Å². The van der Waals surface area contributed by atoms with Crippen LogP contribution in [0.5, 0.6) is 0 Å². The second-order valence-electron chi connectivity index (χ2n) is 5.08. The zero-order valence-electron chi connectivity index (χ0n) is 11.2. The lowest BCUT2D eigenvalue weighted by Gasteiger charge is -2.24. The monoisotopic (exact) mass is 262 g/mol. The molecule has 104 valence electrons. The van der Waals surface area contributed by atoms with Crippen LogP contribution in [0.4, 0.5) is 11.4 Å². The number of nitrogen functional groups attached to an aromatic ring is 1. The van der Waals surface area contributed by atoms with Crippen molar-refractivity contribution in [3.8, 4) is 0 Å². The van der Waals surface area contributed by atoms with Gasteiger partial charge >= 0.3 is 0 Å². The van der Waals surface area contributed by atoms with Crippen LogP contribution in [0.15, 0.2) is 24.3 Å². The Morgan fingerprint density at radius 3 is 2.79 bits per heavy atom. The number of anilines is 2. The average Bonchev–Trinajstić information content (AvgIpc) is 2.34. The second-order valence-corrected chi connectivity index (χ2v) is 5.08. The summed E-state index contributed by atoms with van der Waals surface area (Å²) in [6.07, 6.45) is 5.56. The van der Waals surface area contributed by atoms with Gasteiger partial charge in [0.2, 0.25) is 5.91 Å². The minimum atomic E-state index is -0.0541. The van der Waals surface area contributed by atoms with E-state index in [1.165, 1.54) is 19.3 Å². The van der Waals surface area contributed by atoms with Crippen molar-refractivity contribution < 1.29 is 9.53 Å². The summed E-state index contributed by atoms with van der Waals surface area (Å²) in [5.41, 5.74) is 7.01. The minimum Gasteiger partial charge on any atom is -0.397 e. The van der Waals surface area contributed by atoms with E-state index in [1.807, 2.05) is 12.1 Å². The zero-order valence-corrected chi connectivity index (χ0v) is 11.2. The Morgan fingerprint density at radius 2 is 2.11 bits per heavy atom. The van der Waals surface area contributed by atoms with Crippen molar-refractivity contribution in [1.29, 1.82) is 0 Å². The average molecular weight is 262 g/mol. The third-order valence-electron chi connectivity index (χ3n) is 3.60. The molecule has 0 atom stereocenters. The van der Waals surface area contributed by atoms with Crippen molar-refractivity contribution in [3.63, 3.8) is 0 Å². The quantitative estimate of drug-likeness (QED) is 0.586. The first kappa shape index (κ1) is 13.9. The maximum Gasteiger partial charge on any atom is 0.226 e. The van der Waals surface area contributed by atoms with Gasteiger partial charge in [0.05, 0.1) is 24.4 Å². The summed E-state index contributed by atoms with van der Waals surface area (Å²) in [6.45, 7) is 1.25. The Morgan fingerprint density at radius 1 is 1.32 bits per heavy atom. The number of hydrogen-bond acceptors (Lipinski definition) is 3. The highest BCUT2D eigenvalue weighted by molar-refractivity contribution is 5.93. The highest BCUT2D eigenvalue weighted by atomic mass is 16.5. The maximum atomic E-state index is 11.7. The van der Waals surface area contributed by atoms with Gasteiger partial charge in [-0.2, -0.15) is 0 Å². The van der Waals surface area contributed by atoms with Gasteiger partial charge in [-0.3, -0.25) is 4.79 Å². The highest BCUT2D eigenvalue weighted by Crippen LogP contribution is 2.29. The summed E-state index contributed by atoms with van der Waals surface area (Å²) in [5.74, 6) is 0.805. The smallest absolute Gasteiger partial charge is 0.226 e. The Labute approximate surface area is 114 Å². The van der Waals surface area contributed by atoms with Crippen molar-refractivity contribution in [1.82, 2.24) is 0 Å². The summed E-state index contributed by atoms with van der Waals surface area (Å²) in [4.78, 5) is 11.7. The summed E-state index contributed by atoms with van der Waals surface area (Å²) >= 11 is 0. The molecule has 0 radical (unpaired) electrons. The van der Waals surface area contributed by atoms with E-state index in [2.05, 4.69) is 5.32 Å². The number of carbonyl (C=O) groups is 1. The fourth-order valence-corrected chi connectivity index (χ4v) is 2.12. The van der Waals surface area contributed by atoms with Gasteiger partial charge in [0.1, 0.15) is 0 Å². The SMILES string of the molecule is Nc1ccccc1NC(=O)CCOCCC1CCC1. The van der Waals surface area contributed by atoms with Crippen LogP contribution in [-0.2, 0) is 9.53 Å².